The zero-order chi connectivity index (χ0) is 59.2. The van der Waals surface area contributed by atoms with Crippen molar-refractivity contribution < 1.29 is 28.6 Å². The van der Waals surface area contributed by atoms with Crippen LogP contribution in [0.3, 0.4) is 0 Å². The molecule has 0 aromatic heterocycles. The molecule has 0 fully saturated rings. The van der Waals surface area contributed by atoms with E-state index < -0.39 is 6.10 Å². The third kappa shape index (κ3) is 67.4. The van der Waals surface area contributed by atoms with Gasteiger partial charge in [0.05, 0.1) is 0 Å². The summed E-state index contributed by atoms with van der Waals surface area (Å²) in [7, 11) is 0. The Hall–Kier alpha value is -3.41. The standard InChI is InChI=1S/C76H134O6/c1-4-7-10-13-16-19-22-25-28-30-32-34-35-36-37-38-39-40-41-42-44-45-48-51-54-57-60-63-66-69-75(78)81-72-73(71-80-74(77)68-65-62-59-56-53-50-47-27-24-21-18-15-12-9-6-3)82-76(79)70-67-64-61-58-55-52-49-46-43-33-31-29-26-23-20-17-14-11-8-5-2/h7,10,16,19,25,27-28,32,34,36-37,39-40,47,73H,4-6,8-9,11-15,17-18,20-24,26,29-31,33,35,38,41-46,48-72H2,1-3H3/b10-7-,19-16-,28-25-,34-32-,37-36-,40-39-,47-27-. The Balaban J connectivity index is 4.30. The van der Waals surface area contributed by atoms with Crippen LogP contribution in [-0.4, -0.2) is 37.2 Å². The minimum atomic E-state index is -0.781. The second-order valence-corrected chi connectivity index (χ2v) is 23.8. The van der Waals surface area contributed by atoms with Crippen molar-refractivity contribution in [2.75, 3.05) is 13.2 Å². The van der Waals surface area contributed by atoms with Gasteiger partial charge in [-0.1, -0.05) is 331 Å². The fourth-order valence-corrected chi connectivity index (χ4v) is 10.3. The van der Waals surface area contributed by atoms with Gasteiger partial charge in [-0.15, -0.1) is 0 Å². The Bertz CT molecular complexity index is 1550. The molecule has 82 heavy (non-hydrogen) atoms. The summed E-state index contributed by atoms with van der Waals surface area (Å²) < 4.78 is 17.0. The van der Waals surface area contributed by atoms with Gasteiger partial charge in [0.15, 0.2) is 6.10 Å². The molecule has 0 saturated carbocycles. The smallest absolute Gasteiger partial charge is 0.306 e. The molecule has 0 spiro atoms. The minimum absolute atomic E-state index is 0.0775. The van der Waals surface area contributed by atoms with Gasteiger partial charge in [-0.2, -0.15) is 0 Å². The lowest BCUT2D eigenvalue weighted by molar-refractivity contribution is -0.167. The zero-order valence-electron chi connectivity index (χ0n) is 54.5. The maximum Gasteiger partial charge on any atom is 0.306 e. The summed E-state index contributed by atoms with van der Waals surface area (Å²) in [6, 6.07) is 0. The summed E-state index contributed by atoms with van der Waals surface area (Å²) >= 11 is 0. The molecule has 0 rings (SSSR count). The topological polar surface area (TPSA) is 78.9 Å². The van der Waals surface area contributed by atoms with Crippen molar-refractivity contribution in [3.63, 3.8) is 0 Å². The van der Waals surface area contributed by atoms with Crippen molar-refractivity contribution in [1.29, 1.82) is 0 Å². The summed E-state index contributed by atoms with van der Waals surface area (Å²) in [5.41, 5.74) is 0. The van der Waals surface area contributed by atoms with E-state index in [9.17, 15) is 14.4 Å². The van der Waals surface area contributed by atoms with E-state index in [4.69, 9.17) is 14.2 Å². The Morgan fingerprint density at radius 2 is 0.476 bits per heavy atom. The van der Waals surface area contributed by atoms with E-state index in [1.807, 2.05) is 0 Å². The number of unbranched alkanes of at least 4 members (excludes halogenated alkanes) is 40. The largest absolute Gasteiger partial charge is 0.462 e. The van der Waals surface area contributed by atoms with Gasteiger partial charge in [0.25, 0.3) is 0 Å². The third-order valence-electron chi connectivity index (χ3n) is 15.6. The van der Waals surface area contributed by atoms with Crippen LogP contribution in [0.15, 0.2) is 85.1 Å². The van der Waals surface area contributed by atoms with Gasteiger partial charge in [0.2, 0.25) is 0 Å². The van der Waals surface area contributed by atoms with E-state index in [-0.39, 0.29) is 31.1 Å². The third-order valence-corrected chi connectivity index (χ3v) is 15.6. The van der Waals surface area contributed by atoms with Crippen molar-refractivity contribution in [3.8, 4) is 0 Å². The lowest BCUT2D eigenvalue weighted by Gasteiger charge is -2.18. The molecule has 6 nitrogen and oxygen atoms in total. The van der Waals surface area contributed by atoms with E-state index in [1.54, 1.807) is 0 Å². The first kappa shape index (κ1) is 78.6. The fourth-order valence-electron chi connectivity index (χ4n) is 10.3. The van der Waals surface area contributed by atoms with Crippen LogP contribution in [-0.2, 0) is 28.6 Å². The number of ether oxygens (including phenoxy) is 3. The Kier molecular flexibility index (Phi) is 67.2. The summed E-state index contributed by atoms with van der Waals surface area (Å²) in [4.78, 5) is 38.5. The van der Waals surface area contributed by atoms with Gasteiger partial charge < -0.3 is 14.2 Å². The second-order valence-electron chi connectivity index (χ2n) is 23.8. The maximum atomic E-state index is 13.0. The van der Waals surface area contributed by atoms with Gasteiger partial charge in [-0.25, -0.2) is 0 Å². The molecule has 0 aliphatic heterocycles. The molecule has 0 N–H and O–H groups in total. The van der Waals surface area contributed by atoms with Crippen LogP contribution in [0.1, 0.15) is 361 Å². The number of rotatable bonds is 65. The lowest BCUT2D eigenvalue weighted by Crippen LogP contribution is -2.30. The van der Waals surface area contributed by atoms with Crippen LogP contribution >= 0.6 is 0 Å². The number of hydrogen-bond acceptors (Lipinski definition) is 6. The van der Waals surface area contributed by atoms with Crippen molar-refractivity contribution in [3.05, 3.63) is 85.1 Å². The summed E-state index contributed by atoms with van der Waals surface area (Å²) in [5, 5.41) is 0. The molecule has 0 heterocycles. The molecule has 1 unspecified atom stereocenters. The molecule has 6 heteroatoms. The molecular weight excluding hydrogens is 1010 g/mol. The van der Waals surface area contributed by atoms with E-state index in [1.165, 1.54) is 218 Å². The number of allylic oxidation sites excluding steroid dienone is 14. The monoisotopic (exact) mass is 1140 g/mol. The van der Waals surface area contributed by atoms with Crippen molar-refractivity contribution >= 4 is 17.9 Å². The summed E-state index contributed by atoms with van der Waals surface area (Å²) in [6.45, 7) is 6.57. The molecule has 0 aliphatic rings. The van der Waals surface area contributed by atoms with Crippen molar-refractivity contribution in [1.82, 2.24) is 0 Å². The summed E-state index contributed by atoms with van der Waals surface area (Å²) in [6.07, 6.45) is 93.2. The molecule has 0 aromatic carbocycles. The molecule has 0 radical (unpaired) electrons. The number of hydrogen-bond donors (Lipinski definition) is 0. The molecule has 0 aromatic rings. The van der Waals surface area contributed by atoms with Crippen LogP contribution in [0.5, 0.6) is 0 Å². The highest BCUT2D eigenvalue weighted by molar-refractivity contribution is 5.71. The van der Waals surface area contributed by atoms with Crippen molar-refractivity contribution in [2.24, 2.45) is 0 Å². The molecular formula is C76H134O6. The Morgan fingerprint density at radius 1 is 0.256 bits per heavy atom. The van der Waals surface area contributed by atoms with Crippen LogP contribution in [0, 0.1) is 0 Å². The predicted octanol–water partition coefficient (Wildman–Crippen LogP) is 24.6. The highest BCUT2D eigenvalue weighted by Crippen LogP contribution is 2.18. The first-order valence-electron chi connectivity index (χ1n) is 35.6. The molecule has 474 valence electrons. The highest BCUT2D eigenvalue weighted by atomic mass is 16.6. The zero-order valence-corrected chi connectivity index (χ0v) is 54.5. The molecule has 0 saturated heterocycles. The Labute approximate surface area is 509 Å². The number of carbonyl (C=O) groups is 3. The SMILES string of the molecule is CC/C=C\C/C=C\C/C=C\C/C=C\C/C=C\C/C=C\CCCCCCCCCCCCC(=O)OCC(COC(=O)CCCCCCC/C=C\CCCCCCCC)OC(=O)CCCCCCCCCCCCCCCCCCCCCC. The number of esters is 3. The van der Waals surface area contributed by atoms with Gasteiger partial charge in [0.1, 0.15) is 13.2 Å². The van der Waals surface area contributed by atoms with Crippen LogP contribution in [0.4, 0.5) is 0 Å². The van der Waals surface area contributed by atoms with Gasteiger partial charge in [-0.3, -0.25) is 14.4 Å². The number of carbonyl (C=O) groups excluding carboxylic acids is 3. The maximum absolute atomic E-state index is 13.0. The van der Waals surface area contributed by atoms with Gasteiger partial charge >= 0.3 is 17.9 Å². The van der Waals surface area contributed by atoms with Gasteiger partial charge in [0, 0.05) is 19.3 Å². The van der Waals surface area contributed by atoms with E-state index in [0.717, 1.165) is 103 Å². The van der Waals surface area contributed by atoms with Crippen LogP contribution in [0.2, 0.25) is 0 Å². The van der Waals surface area contributed by atoms with Crippen LogP contribution in [0.25, 0.3) is 0 Å². The lowest BCUT2D eigenvalue weighted by atomic mass is 10.0. The normalized spacial score (nSPS) is 12.6. The second kappa shape index (κ2) is 70.1. The van der Waals surface area contributed by atoms with E-state index in [0.29, 0.717) is 19.3 Å². The summed E-state index contributed by atoms with van der Waals surface area (Å²) in [5.74, 6) is -0.868. The average Bonchev–Trinajstić information content (AvgIpc) is 3.47. The average molecular weight is 1140 g/mol. The molecule has 0 amide bonds. The quantitative estimate of drug-likeness (QED) is 0.0261. The van der Waals surface area contributed by atoms with E-state index >= 15 is 0 Å². The minimum Gasteiger partial charge on any atom is -0.462 e. The Morgan fingerprint density at radius 3 is 0.756 bits per heavy atom. The molecule has 0 bridgehead atoms. The van der Waals surface area contributed by atoms with E-state index in [2.05, 4.69) is 106 Å². The molecule has 0 aliphatic carbocycles. The van der Waals surface area contributed by atoms with Crippen molar-refractivity contribution in [2.45, 2.75) is 367 Å². The predicted molar refractivity (Wildman–Crippen MR) is 358 cm³/mol. The first-order chi connectivity index (χ1) is 40.5. The van der Waals surface area contributed by atoms with Gasteiger partial charge in [-0.05, 0) is 96.3 Å². The molecule has 1 atom stereocenters. The highest BCUT2D eigenvalue weighted by Gasteiger charge is 2.19. The fraction of sp³-hybridized carbons (Fsp3) is 0.776. The first-order valence-corrected chi connectivity index (χ1v) is 35.6. The van der Waals surface area contributed by atoms with Crippen LogP contribution < -0.4 is 0 Å².